The zero-order valence-electron chi connectivity index (χ0n) is 11.2. The molecule has 1 aromatic heterocycles. The minimum atomic E-state index is -0.179. The van der Waals surface area contributed by atoms with Crippen LogP contribution in [0.1, 0.15) is 33.8 Å². The number of halogens is 1. The average molecular weight is 321 g/mol. The first-order valence-electron chi connectivity index (χ1n) is 6.69. The molecule has 21 heavy (non-hydrogen) atoms. The molecule has 2 aromatic rings. The van der Waals surface area contributed by atoms with Gasteiger partial charge in [0.2, 0.25) is 5.91 Å². The van der Waals surface area contributed by atoms with Crippen molar-refractivity contribution in [3.05, 3.63) is 45.4 Å². The van der Waals surface area contributed by atoms with Crippen LogP contribution in [0, 0.1) is 0 Å². The predicted octanol–water partition coefficient (Wildman–Crippen LogP) is 3.50. The quantitative estimate of drug-likeness (QED) is 0.941. The first kappa shape index (κ1) is 14.2. The summed E-state index contributed by atoms with van der Waals surface area (Å²) in [5.74, 6) is -0.0537. The van der Waals surface area contributed by atoms with Crippen molar-refractivity contribution in [2.24, 2.45) is 0 Å². The third-order valence-electron chi connectivity index (χ3n) is 3.32. The molecule has 0 radical (unpaired) electrons. The van der Waals surface area contributed by atoms with Gasteiger partial charge >= 0.3 is 0 Å². The van der Waals surface area contributed by atoms with Gasteiger partial charge in [0.05, 0.1) is 17.0 Å². The lowest BCUT2D eigenvalue weighted by Crippen LogP contribution is -2.14. The molecular formula is C15H13ClN2O2S. The number of carbonyl (C=O) groups excluding carboxylic acids is 2. The molecule has 108 valence electrons. The van der Waals surface area contributed by atoms with E-state index in [2.05, 4.69) is 10.3 Å². The van der Waals surface area contributed by atoms with Crippen LogP contribution >= 0.6 is 22.9 Å². The van der Waals surface area contributed by atoms with Gasteiger partial charge in [-0.1, -0.05) is 41.1 Å². The molecule has 0 unspecified atom stereocenters. The number of ketones is 1. The monoisotopic (exact) mass is 320 g/mol. The van der Waals surface area contributed by atoms with Crippen molar-refractivity contribution < 1.29 is 9.59 Å². The summed E-state index contributed by atoms with van der Waals surface area (Å²) in [6.45, 7) is 0. The fourth-order valence-corrected chi connectivity index (χ4v) is 3.50. The number of hydrogen-bond acceptors (Lipinski definition) is 4. The van der Waals surface area contributed by atoms with Gasteiger partial charge in [0, 0.05) is 11.4 Å². The standard InChI is InChI=1S/C15H13ClN2O2S/c16-10-5-2-1-4-9(10)8-13(20)18-15-17-11-6-3-7-12(19)14(11)21-15/h1-2,4-5H,3,6-8H2,(H,17,18,20). The second-order valence-electron chi connectivity index (χ2n) is 4.89. The van der Waals surface area contributed by atoms with Gasteiger partial charge in [-0.3, -0.25) is 9.59 Å². The number of anilines is 1. The Kier molecular flexibility index (Phi) is 4.03. The number of hydrogen-bond donors (Lipinski definition) is 1. The van der Waals surface area contributed by atoms with Crippen molar-refractivity contribution in [3.8, 4) is 0 Å². The highest BCUT2D eigenvalue weighted by Gasteiger charge is 2.22. The van der Waals surface area contributed by atoms with Crippen molar-refractivity contribution in [1.82, 2.24) is 4.98 Å². The lowest BCUT2D eigenvalue weighted by molar-refractivity contribution is -0.115. The Labute approximate surface area is 131 Å². The molecule has 1 N–H and O–H groups in total. The normalized spacial score (nSPS) is 13.9. The predicted molar refractivity (Wildman–Crippen MR) is 83.2 cm³/mol. The highest BCUT2D eigenvalue weighted by molar-refractivity contribution is 7.17. The Morgan fingerprint density at radius 3 is 2.90 bits per heavy atom. The molecule has 0 spiro atoms. The fourth-order valence-electron chi connectivity index (χ4n) is 2.30. The third kappa shape index (κ3) is 3.14. The van der Waals surface area contributed by atoms with E-state index in [1.165, 1.54) is 11.3 Å². The van der Waals surface area contributed by atoms with Crippen molar-refractivity contribution in [2.75, 3.05) is 5.32 Å². The topological polar surface area (TPSA) is 59.1 Å². The Hall–Kier alpha value is -1.72. The second-order valence-corrected chi connectivity index (χ2v) is 6.29. The summed E-state index contributed by atoms with van der Waals surface area (Å²) < 4.78 is 0. The van der Waals surface area contributed by atoms with E-state index in [1.54, 1.807) is 6.07 Å². The van der Waals surface area contributed by atoms with Crippen LogP contribution in [0.3, 0.4) is 0 Å². The number of thiazole rings is 1. The molecule has 1 aliphatic carbocycles. The van der Waals surface area contributed by atoms with Gasteiger partial charge in [-0.05, 0) is 24.5 Å². The molecule has 0 aliphatic heterocycles. The molecule has 0 bridgehead atoms. The Morgan fingerprint density at radius 1 is 1.33 bits per heavy atom. The molecule has 0 fully saturated rings. The fraction of sp³-hybridized carbons (Fsp3) is 0.267. The van der Waals surface area contributed by atoms with E-state index in [0.29, 0.717) is 21.5 Å². The van der Waals surface area contributed by atoms with Gasteiger partial charge in [-0.25, -0.2) is 4.98 Å². The lowest BCUT2D eigenvalue weighted by Gasteiger charge is -2.05. The molecule has 0 saturated carbocycles. The SMILES string of the molecule is O=C(Cc1ccccc1Cl)Nc1nc2c(s1)C(=O)CCC2. The van der Waals surface area contributed by atoms with Gasteiger partial charge in [0.15, 0.2) is 10.9 Å². The van der Waals surface area contributed by atoms with Crippen LogP contribution in [0.5, 0.6) is 0 Å². The average Bonchev–Trinajstić information content (AvgIpc) is 2.85. The van der Waals surface area contributed by atoms with Gasteiger partial charge in [0.1, 0.15) is 0 Å². The van der Waals surface area contributed by atoms with Crippen LogP contribution in [-0.2, 0) is 17.6 Å². The van der Waals surface area contributed by atoms with Crippen molar-refractivity contribution >= 4 is 39.8 Å². The molecule has 3 rings (SSSR count). The number of rotatable bonds is 3. The van der Waals surface area contributed by atoms with Gasteiger partial charge < -0.3 is 5.32 Å². The maximum Gasteiger partial charge on any atom is 0.230 e. The zero-order valence-corrected chi connectivity index (χ0v) is 12.8. The molecule has 0 atom stereocenters. The second kappa shape index (κ2) is 5.95. The van der Waals surface area contributed by atoms with E-state index in [4.69, 9.17) is 11.6 Å². The number of carbonyl (C=O) groups is 2. The van der Waals surface area contributed by atoms with Crippen LogP contribution in [0.15, 0.2) is 24.3 Å². The minimum Gasteiger partial charge on any atom is -0.302 e. The van der Waals surface area contributed by atoms with Crippen LogP contribution in [-0.4, -0.2) is 16.7 Å². The Balaban J connectivity index is 1.71. The molecular weight excluding hydrogens is 308 g/mol. The van der Waals surface area contributed by atoms with Gasteiger partial charge in [0.25, 0.3) is 0 Å². The van der Waals surface area contributed by atoms with E-state index >= 15 is 0 Å². The van der Waals surface area contributed by atoms with E-state index in [9.17, 15) is 9.59 Å². The molecule has 0 saturated heterocycles. The summed E-state index contributed by atoms with van der Waals surface area (Å²) >= 11 is 7.30. The summed E-state index contributed by atoms with van der Waals surface area (Å²) in [7, 11) is 0. The summed E-state index contributed by atoms with van der Waals surface area (Å²) in [5.41, 5.74) is 1.58. The van der Waals surface area contributed by atoms with E-state index in [0.717, 1.165) is 24.1 Å². The van der Waals surface area contributed by atoms with E-state index in [1.807, 2.05) is 18.2 Å². The van der Waals surface area contributed by atoms with Crippen LogP contribution in [0.25, 0.3) is 0 Å². The van der Waals surface area contributed by atoms with Crippen LogP contribution in [0.4, 0.5) is 5.13 Å². The first-order chi connectivity index (χ1) is 10.1. The maximum absolute atomic E-state index is 12.0. The summed E-state index contributed by atoms with van der Waals surface area (Å²) in [4.78, 5) is 28.8. The number of fused-ring (bicyclic) bond motifs is 1. The number of benzene rings is 1. The number of aromatic nitrogens is 1. The number of amides is 1. The smallest absolute Gasteiger partial charge is 0.230 e. The van der Waals surface area contributed by atoms with Crippen molar-refractivity contribution in [3.63, 3.8) is 0 Å². The molecule has 4 nitrogen and oxygen atoms in total. The Bertz CT molecular complexity index is 711. The molecule has 1 amide bonds. The first-order valence-corrected chi connectivity index (χ1v) is 7.89. The zero-order chi connectivity index (χ0) is 14.8. The van der Waals surface area contributed by atoms with Gasteiger partial charge in [-0.2, -0.15) is 0 Å². The maximum atomic E-state index is 12.0. The third-order valence-corrected chi connectivity index (χ3v) is 4.75. The summed E-state index contributed by atoms with van der Waals surface area (Å²) in [5, 5.41) is 3.82. The molecule has 1 heterocycles. The number of nitrogens with zero attached hydrogens (tertiary/aromatic N) is 1. The lowest BCUT2D eigenvalue weighted by atomic mass is 10.0. The largest absolute Gasteiger partial charge is 0.302 e. The molecule has 1 aromatic carbocycles. The minimum absolute atomic E-state index is 0.125. The summed E-state index contributed by atoms with van der Waals surface area (Å²) in [6, 6.07) is 7.24. The number of aryl methyl sites for hydroxylation is 1. The Morgan fingerprint density at radius 2 is 2.14 bits per heavy atom. The number of nitrogens with one attached hydrogen (secondary N) is 1. The molecule has 1 aliphatic rings. The van der Waals surface area contributed by atoms with Crippen molar-refractivity contribution in [1.29, 1.82) is 0 Å². The van der Waals surface area contributed by atoms with Gasteiger partial charge in [-0.15, -0.1) is 0 Å². The van der Waals surface area contributed by atoms with Crippen LogP contribution < -0.4 is 5.32 Å². The van der Waals surface area contributed by atoms with Crippen LogP contribution in [0.2, 0.25) is 5.02 Å². The van der Waals surface area contributed by atoms with Crippen molar-refractivity contribution in [2.45, 2.75) is 25.7 Å². The molecule has 6 heteroatoms. The van der Waals surface area contributed by atoms with E-state index in [-0.39, 0.29) is 18.1 Å². The summed E-state index contributed by atoms with van der Waals surface area (Å²) in [6.07, 6.45) is 2.40. The highest BCUT2D eigenvalue weighted by atomic mass is 35.5. The highest BCUT2D eigenvalue weighted by Crippen LogP contribution is 2.29. The van der Waals surface area contributed by atoms with E-state index < -0.39 is 0 Å². The number of Topliss-reactive ketones (excluding diaryl/α,β-unsaturated/α-hetero) is 1.